The molecule has 0 bridgehead atoms. The minimum atomic E-state index is -0.202. The van der Waals surface area contributed by atoms with Gasteiger partial charge in [0.2, 0.25) is 0 Å². The number of nitrogens with two attached hydrogens (primary N) is 1. The molecule has 118 valence electrons. The summed E-state index contributed by atoms with van der Waals surface area (Å²) >= 11 is 0. The number of carbonyl (C=O) groups excluding carboxylic acids is 1. The molecule has 0 radical (unpaired) electrons. The molecule has 1 rings (SSSR count). The van der Waals surface area contributed by atoms with Crippen LogP contribution in [0.5, 0.6) is 11.5 Å². The number of hydrogen-bond donors (Lipinski definition) is 2. The van der Waals surface area contributed by atoms with E-state index in [1.807, 2.05) is 0 Å². The van der Waals surface area contributed by atoms with Crippen molar-refractivity contribution in [1.82, 2.24) is 5.32 Å². The number of carbonyl (C=O) groups is 1. The van der Waals surface area contributed by atoms with Crippen LogP contribution in [0.4, 0.5) is 0 Å². The number of rotatable bonds is 8. The van der Waals surface area contributed by atoms with Gasteiger partial charge in [0.1, 0.15) is 11.5 Å². The second-order valence-corrected chi connectivity index (χ2v) is 5.02. The van der Waals surface area contributed by atoms with Crippen molar-refractivity contribution in [3.63, 3.8) is 0 Å². The minimum Gasteiger partial charge on any atom is -0.497 e. The molecule has 5 nitrogen and oxygen atoms in total. The van der Waals surface area contributed by atoms with E-state index in [2.05, 4.69) is 19.2 Å². The van der Waals surface area contributed by atoms with E-state index in [4.69, 9.17) is 15.2 Å². The molecule has 0 aliphatic carbocycles. The quantitative estimate of drug-likeness (QED) is 0.771. The fraction of sp³-hybridized carbons (Fsp3) is 0.562. The van der Waals surface area contributed by atoms with Crippen molar-refractivity contribution in [2.75, 3.05) is 20.8 Å². The van der Waals surface area contributed by atoms with Gasteiger partial charge in [-0.15, -0.1) is 0 Å². The van der Waals surface area contributed by atoms with Gasteiger partial charge in [-0.1, -0.05) is 26.7 Å². The Hall–Kier alpha value is -1.75. The molecule has 0 heterocycles. The molecule has 0 aliphatic rings. The molecular weight excluding hydrogens is 268 g/mol. The highest BCUT2D eigenvalue weighted by Crippen LogP contribution is 2.23. The van der Waals surface area contributed by atoms with Gasteiger partial charge in [0.25, 0.3) is 5.91 Å². The Morgan fingerprint density at radius 3 is 2.43 bits per heavy atom. The van der Waals surface area contributed by atoms with Crippen molar-refractivity contribution in [2.24, 2.45) is 11.7 Å². The Labute approximate surface area is 126 Å². The summed E-state index contributed by atoms with van der Waals surface area (Å²) in [5.41, 5.74) is 6.57. The summed E-state index contributed by atoms with van der Waals surface area (Å²) in [7, 11) is 3.10. The van der Waals surface area contributed by atoms with Crippen LogP contribution in [-0.2, 0) is 0 Å². The van der Waals surface area contributed by atoms with E-state index in [0.29, 0.717) is 29.5 Å². The van der Waals surface area contributed by atoms with Crippen LogP contribution in [0.2, 0.25) is 0 Å². The number of ether oxygens (including phenoxy) is 2. The Bertz CT molecular complexity index is 459. The van der Waals surface area contributed by atoms with E-state index in [-0.39, 0.29) is 11.9 Å². The summed E-state index contributed by atoms with van der Waals surface area (Å²) < 4.78 is 10.4. The van der Waals surface area contributed by atoms with Crippen molar-refractivity contribution in [3.05, 3.63) is 23.8 Å². The van der Waals surface area contributed by atoms with Crippen LogP contribution < -0.4 is 20.5 Å². The SMILES string of the molecule is CCC(CC)C(N)CNC(=O)c1cc(OC)ccc1OC. The van der Waals surface area contributed by atoms with Crippen molar-refractivity contribution in [3.8, 4) is 11.5 Å². The summed E-state index contributed by atoms with van der Waals surface area (Å²) in [5.74, 6) is 1.35. The Morgan fingerprint density at radius 2 is 1.90 bits per heavy atom. The summed E-state index contributed by atoms with van der Waals surface area (Å²) in [6.45, 7) is 4.67. The van der Waals surface area contributed by atoms with Gasteiger partial charge in [-0.3, -0.25) is 4.79 Å². The maximum absolute atomic E-state index is 12.3. The van der Waals surface area contributed by atoms with Crippen LogP contribution >= 0.6 is 0 Å². The Balaban J connectivity index is 2.75. The van der Waals surface area contributed by atoms with E-state index in [0.717, 1.165) is 12.8 Å². The molecule has 21 heavy (non-hydrogen) atoms. The zero-order valence-electron chi connectivity index (χ0n) is 13.3. The summed E-state index contributed by atoms with van der Waals surface area (Å²) in [5, 5.41) is 2.87. The third-order valence-electron chi connectivity index (χ3n) is 3.80. The zero-order valence-corrected chi connectivity index (χ0v) is 13.3. The second kappa shape index (κ2) is 8.52. The molecule has 1 aromatic carbocycles. The normalized spacial score (nSPS) is 12.1. The first-order valence-electron chi connectivity index (χ1n) is 7.33. The van der Waals surface area contributed by atoms with Crippen LogP contribution in [0.1, 0.15) is 37.0 Å². The van der Waals surface area contributed by atoms with E-state index in [1.165, 1.54) is 7.11 Å². The van der Waals surface area contributed by atoms with E-state index >= 15 is 0 Å². The van der Waals surface area contributed by atoms with Crippen LogP contribution in [0.3, 0.4) is 0 Å². The van der Waals surface area contributed by atoms with Crippen LogP contribution in [0.15, 0.2) is 18.2 Å². The van der Waals surface area contributed by atoms with Gasteiger partial charge >= 0.3 is 0 Å². The van der Waals surface area contributed by atoms with Crippen LogP contribution in [-0.4, -0.2) is 32.7 Å². The van der Waals surface area contributed by atoms with Gasteiger partial charge < -0.3 is 20.5 Å². The minimum absolute atomic E-state index is 0.0412. The lowest BCUT2D eigenvalue weighted by Crippen LogP contribution is -2.41. The Morgan fingerprint density at radius 1 is 1.24 bits per heavy atom. The van der Waals surface area contributed by atoms with Gasteiger partial charge in [-0.05, 0) is 24.1 Å². The van der Waals surface area contributed by atoms with Gasteiger partial charge in [0.15, 0.2) is 0 Å². The molecule has 0 spiro atoms. The molecule has 5 heteroatoms. The van der Waals surface area contributed by atoms with Gasteiger partial charge in [-0.2, -0.15) is 0 Å². The maximum atomic E-state index is 12.3. The Kier molecular flexibility index (Phi) is 7.02. The van der Waals surface area contributed by atoms with Crippen LogP contribution in [0.25, 0.3) is 0 Å². The average molecular weight is 294 g/mol. The molecule has 1 aromatic rings. The second-order valence-electron chi connectivity index (χ2n) is 5.02. The molecule has 0 saturated heterocycles. The highest BCUT2D eigenvalue weighted by Gasteiger charge is 2.17. The predicted octanol–water partition coefficient (Wildman–Crippen LogP) is 2.20. The number of methoxy groups -OCH3 is 2. The van der Waals surface area contributed by atoms with Crippen molar-refractivity contribution < 1.29 is 14.3 Å². The molecule has 3 N–H and O–H groups in total. The van der Waals surface area contributed by atoms with Gasteiger partial charge in [-0.25, -0.2) is 0 Å². The molecule has 0 aliphatic heterocycles. The van der Waals surface area contributed by atoms with Gasteiger partial charge in [0.05, 0.1) is 19.8 Å². The van der Waals surface area contributed by atoms with Crippen molar-refractivity contribution >= 4 is 5.91 Å². The van der Waals surface area contributed by atoms with E-state index < -0.39 is 0 Å². The smallest absolute Gasteiger partial charge is 0.255 e. The van der Waals surface area contributed by atoms with Crippen LogP contribution in [0, 0.1) is 5.92 Å². The lowest BCUT2D eigenvalue weighted by Gasteiger charge is -2.21. The van der Waals surface area contributed by atoms with Crippen molar-refractivity contribution in [2.45, 2.75) is 32.7 Å². The highest BCUT2D eigenvalue weighted by molar-refractivity contribution is 5.97. The summed E-state index contributed by atoms with van der Waals surface area (Å²) in [6, 6.07) is 5.09. The lowest BCUT2D eigenvalue weighted by atomic mass is 9.95. The molecule has 1 amide bonds. The summed E-state index contributed by atoms with van der Waals surface area (Å²) in [4.78, 5) is 12.3. The fourth-order valence-corrected chi connectivity index (χ4v) is 2.36. The number of amides is 1. The van der Waals surface area contributed by atoms with E-state index in [1.54, 1.807) is 25.3 Å². The lowest BCUT2D eigenvalue weighted by molar-refractivity contribution is 0.0944. The third-order valence-corrected chi connectivity index (χ3v) is 3.80. The first-order chi connectivity index (χ1) is 10.1. The largest absolute Gasteiger partial charge is 0.497 e. The molecule has 0 aromatic heterocycles. The topological polar surface area (TPSA) is 73.6 Å². The monoisotopic (exact) mass is 294 g/mol. The predicted molar refractivity (Wildman–Crippen MR) is 83.9 cm³/mol. The summed E-state index contributed by atoms with van der Waals surface area (Å²) in [6.07, 6.45) is 2.02. The standard InChI is InChI=1S/C16H26N2O3/c1-5-11(6-2)14(17)10-18-16(19)13-9-12(20-3)7-8-15(13)21-4/h7-9,11,14H,5-6,10,17H2,1-4H3,(H,18,19). The zero-order chi connectivity index (χ0) is 15.8. The molecular formula is C16H26N2O3. The number of benzene rings is 1. The van der Waals surface area contributed by atoms with Gasteiger partial charge in [0, 0.05) is 12.6 Å². The molecule has 0 fully saturated rings. The van der Waals surface area contributed by atoms with Crippen molar-refractivity contribution in [1.29, 1.82) is 0 Å². The number of hydrogen-bond acceptors (Lipinski definition) is 4. The molecule has 0 saturated carbocycles. The number of nitrogens with one attached hydrogen (secondary N) is 1. The maximum Gasteiger partial charge on any atom is 0.255 e. The molecule has 1 atom stereocenters. The first kappa shape index (κ1) is 17.3. The third kappa shape index (κ3) is 4.63. The average Bonchev–Trinajstić information content (AvgIpc) is 2.52. The first-order valence-corrected chi connectivity index (χ1v) is 7.33. The highest BCUT2D eigenvalue weighted by atomic mass is 16.5. The molecule has 1 unspecified atom stereocenters. The fourth-order valence-electron chi connectivity index (χ4n) is 2.36. The van der Waals surface area contributed by atoms with E-state index in [9.17, 15) is 4.79 Å².